The molecular weight excluding hydrogens is 388 g/mol. The number of rotatable bonds is 0. The lowest BCUT2D eigenvalue weighted by Crippen LogP contribution is -2.54. The zero-order valence-corrected chi connectivity index (χ0v) is 19.6. The number of hydrogen-bond acceptors (Lipinski definition) is 4. The first-order chi connectivity index (χ1) is 14.7. The molecule has 4 heteroatoms. The van der Waals surface area contributed by atoms with E-state index in [9.17, 15) is 9.59 Å². The van der Waals surface area contributed by atoms with Crippen LogP contribution in [0, 0.1) is 46.3 Å². The van der Waals surface area contributed by atoms with Crippen LogP contribution in [0.4, 0.5) is 0 Å². The first kappa shape index (κ1) is 20.6. The average Bonchev–Trinajstić information content (AvgIpc) is 3.17. The monoisotopic (exact) mass is 426 g/mol. The molecule has 4 aliphatic carbocycles. The van der Waals surface area contributed by atoms with E-state index in [-0.39, 0.29) is 34.3 Å². The van der Waals surface area contributed by atoms with Crippen LogP contribution in [0.2, 0.25) is 0 Å². The smallest absolute Gasteiger partial charge is 0.171 e. The van der Waals surface area contributed by atoms with E-state index < -0.39 is 0 Å². The van der Waals surface area contributed by atoms with Gasteiger partial charge in [0.25, 0.3) is 0 Å². The third-order valence-corrected chi connectivity index (χ3v) is 11.1. The minimum atomic E-state index is -0.374. The molecule has 31 heavy (non-hydrogen) atoms. The molecule has 6 aliphatic rings. The second-order valence-corrected chi connectivity index (χ2v) is 12.5. The predicted octanol–water partition coefficient (Wildman–Crippen LogP) is 5.10. The summed E-state index contributed by atoms with van der Waals surface area (Å²) in [5.41, 5.74) is 0.965. The molecule has 0 radical (unpaired) electrons. The lowest BCUT2D eigenvalue weighted by atomic mass is 9.46. The normalized spacial score (nSPS) is 56.0. The maximum atomic E-state index is 13.2. The van der Waals surface area contributed by atoms with Crippen molar-refractivity contribution in [3.05, 3.63) is 11.6 Å². The second kappa shape index (κ2) is 6.53. The summed E-state index contributed by atoms with van der Waals surface area (Å²) in [6, 6.07) is 0. The van der Waals surface area contributed by atoms with Crippen molar-refractivity contribution in [1.82, 2.24) is 0 Å². The molecule has 10 atom stereocenters. The Balaban J connectivity index is 1.31. The van der Waals surface area contributed by atoms with E-state index in [1.54, 1.807) is 6.08 Å². The van der Waals surface area contributed by atoms with Gasteiger partial charge in [-0.2, -0.15) is 0 Å². The minimum absolute atomic E-state index is 0.108. The Kier molecular flexibility index (Phi) is 4.34. The Morgan fingerprint density at radius 1 is 1.03 bits per heavy atom. The number of carbonyl (C=O) groups excluding carboxylic acids is 2. The van der Waals surface area contributed by atoms with E-state index >= 15 is 0 Å². The van der Waals surface area contributed by atoms with E-state index in [0.29, 0.717) is 48.3 Å². The Labute approximate surface area is 186 Å². The lowest BCUT2D eigenvalue weighted by molar-refractivity contribution is -0.272. The maximum absolute atomic E-state index is 13.2. The van der Waals surface area contributed by atoms with Crippen molar-refractivity contribution in [3.63, 3.8) is 0 Å². The van der Waals surface area contributed by atoms with Crippen LogP contribution in [-0.4, -0.2) is 30.1 Å². The number of hydrogen-bond donors (Lipinski definition) is 0. The molecule has 2 saturated heterocycles. The van der Waals surface area contributed by atoms with Crippen LogP contribution < -0.4 is 0 Å². The summed E-state index contributed by atoms with van der Waals surface area (Å²) in [5, 5.41) is 0. The van der Waals surface area contributed by atoms with E-state index in [0.717, 1.165) is 31.4 Å². The summed E-state index contributed by atoms with van der Waals surface area (Å²) in [6.45, 7) is 10.2. The summed E-state index contributed by atoms with van der Waals surface area (Å²) in [6.07, 6.45) is 9.73. The number of allylic oxidation sites excluding steroid dienone is 1. The standard InChI is InChI=1S/C27H38O4/c1-15-5-10-27(30-14-15)16(2)24-23(31-27)13-20-18-12-22(29)21-11-17(28)6-8-25(21,3)19(18)7-9-26(20,24)4/h11,15-16,18-20,23-24H,5-10,12-14H2,1-4H3/t15-,16+,18-,19+,20-,23-,24+,25-,26-,27+/m0/s1. The van der Waals surface area contributed by atoms with Crippen molar-refractivity contribution in [2.75, 3.05) is 6.61 Å². The van der Waals surface area contributed by atoms with Crippen LogP contribution >= 0.6 is 0 Å². The molecule has 170 valence electrons. The summed E-state index contributed by atoms with van der Waals surface area (Å²) in [4.78, 5) is 25.3. The van der Waals surface area contributed by atoms with E-state index in [4.69, 9.17) is 9.47 Å². The van der Waals surface area contributed by atoms with Gasteiger partial charge in [-0.3, -0.25) is 9.59 Å². The molecule has 5 fully saturated rings. The Bertz CT molecular complexity index is 851. The van der Waals surface area contributed by atoms with Crippen molar-refractivity contribution >= 4 is 11.6 Å². The summed E-state index contributed by atoms with van der Waals surface area (Å²) >= 11 is 0. The van der Waals surface area contributed by atoms with Gasteiger partial charge >= 0.3 is 0 Å². The van der Waals surface area contributed by atoms with Crippen LogP contribution in [-0.2, 0) is 19.1 Å². The highest BCUT2D eigenvalue weighted by Gasteiger charge is 2.69. The molecule has 0 amide bonds. The molecule has 3 saturated carbocycles. The van der Waals surface area contributed by atoms with Crippen molar-refractivity contribution < 1.29 is 19.1 Å². The molecule has 0 aromatic rings. The van der Waals surface area contributed by atoms with Gasteiger partial charge in [-0.05, 0) is 78.6 Å². The minimum Gasteiger partial charge on any atom is -0.349 e. The zero-order chi connectivity index (χ0) is 21.8. The molecule has 2 heterocycles. The summed E-state index contributed by atoms with van der Waals surface area (Å²) < 4.78 is 13.2. The average molecular weight is 427 g/mol. The number of ketones is 2. The first-order valence-corrected chi connectivity index (χ1v) is 12.8. The van der Waals surface area contributed by atoms with Gasteiger partial charge in [0.2, 0.25) is 0 Å². The van der Waals surface area contributed by atoms with Gasteiger partial charge in [0.15, 0.2) is 17.4 Å². The quantitative estimate of drug-likeness (QED) is 0.541. The summed E-state index contributed by atoms with van der Waals surface area (Å²) in [5.74, 6) is 3.08. The number of fused-ring (bicyclic) bond motifs is 7. The SMILES string of the molecule is C[C@H]1CC[C@@]2(OC1)O[C@H]1C[C@H]3[C@H]4CC(=O)C5=CC(=O)CC[C@@]5(C)[C@@H]4CC[C@]3(C)[C@@H]1[C@H]2C. The van der Waals surface area contributed by atoms with Crippen LogP contribution in [0.1, 0.15) is 79.1 Å². The van der Waals surface area contributed by atoms with Gasteiger partial charge in [0.1, 0.15) is 0 Å². The van der Waals surface area contributed by atoms with Gasteiger partial charge in [0.05, 0.1) is 12.7 Å². The van der Waals surface area contributed by atoms with E-state index in [2.05, 4.69) is 27.7 Å². The fraction of sp³-hybridized carbons (Fsp3) is 0.852. The number of carbonyl (C=O) groups is 2. The van der Waals surface area contributed by atoms with Gasteiger partial charge in [-0.1, -0.05) is 27.7 Å². The van der Waals surface area contributed by atoms with Crippen LogP contribution in [0.3, 0.4) is 0 Å². The van der Waals surface area contributed by atoms with E-state index in [1.807, 2.05) is 0 Å². The highest BCUT2D eigenvalue weighted by atomic mass is 16.7. The molecular formula is C27H38O4. The Morgan fingerprint density at radius 2 is 1.84 bits per heavy atom. The third-order valence-electron chi connectivity index (χ3n) is 11.1. The molecule has 4 nitrogen and oxygen atoms in total. The van der Waals surface area contributed by atoms with Crippen molar-refractivity contribution in [1.29, 1.82) is 0 Å². The molecule has 2 aliphatic heterocycles. The van der Waals surface area contributed by atoms with Gasteiger partial charge in [0, 0.05) is 30.8 Å². The fourth-order valence-electron chi connectivity index (χ4n) is 9.40. The second-order valence-electron chi connectivity index (χ2n) is 12.5. The van der Waals surface area contributed by atoms with Crippen molar-refractivity contribution in [2.24, 2.45) is 46.3 Å². The van der Waals surface area contributed by atoms with Crippen molar-refractivity contribution in [3.8, 4) is 0 Å². The van der Waals surface area contributed by atoms with Gasteiger partial charge in [-0.25, -0.2) is 0 Å². The maximum Gasteiger partial charge on any atom is 0.171 e. The molecule has 0 unspecified atom stereocenters. The number of ether oxygens (including phenoxy) is 2. The highest BCUT2D eigenvalue weighted by Crippen LogP contribution is 2.70. The Morgan fingerprint density at radius 3 is 2.58 bits per heavy atom. The van der Waals surface area contributed by atoms with Crippen LogP contribution in [0.15, 0.2) is 11.6 Å². The molecule has 0 N–H and O–H groups in total. The highest BCUT2D eigenvalue weighted by molar-refractivity contribution is 6.05. The summed E-state index contributed by atoms with van der Waals surface area (Å²) in [7, 11) is 0. The fourth-order valence-corrected chi connectivity index (χ4v) is 9.40. The van der Waals surface area contributed by atoms with Crippen LogP contribution in [0.25, 0.3) is 0 Å². The van der Waals surface area contributed by atoms with Crippen molar-refractivity contribution in [2.45, 2.75) is 91.0 Å². The molecule has 0 bridgehead atoms. The lowest BCUT2D eigenvalue weighted by Gasteiger charge is -2.58. The predicted molar refractivity (Wildman–Crippen MR) is 117 cm³/mol. The largest absolute Gasteiger partial charge is 0.349 e. The third kappa shape index (κ3) is 2.61. The van der Waals surface area contributed by atoms with Crippen LogP contribution in [0.5, 0.6) is 0 Å². The zero-order valence-electron chi connectivity index (χ0n) is 19.6. The van der Waals surface area contributed by atoms with Gasteiger partial charge in [-0.15, -0.1) is 0 Å². The molecule has 6 rings (SSSR count). The topological polar surface area (TPSA) is 52.6 Å². The Hall–Kier alpha value is -1.00. The number of Topliss-reactive ketones (excluding diaryl/α,β-unsaturated/α-hetero) is 1. The van der Waals surface area contributed by atoms with Gasteiger partial charge < -0.3 is 9.47 Å². The van der Waals surface area contributed by atoms with E-state index in [1.165, 1.54) is 19.3 Å². The molecule has 1 spiro atoms. The first-order valence-electron chi connectivity index (χ1n) is 12.8. The molecule has 0 aromatic heterocycles. The molecule has 0 aromatic carbocycles.